The molecule has 2 aromatic heterocycles. The van der Waals surface area contributed by atoms with Crippen molar-refractivity contribution in [2.24, 2.45) is 0 Å². The number of nitrogens with one attached hydrogen (secondary N) is 2. The lowest BCUT2D eigenvalue weighted by Crippen LogP contribution is -2.42. The van der Waals surface area contributed by atoms with E-state index in [-0.39, 0.29) is 6.04 Å². The van der Waals surface area contributed by atoms with Gasteiger partial charge < -0.3 is 10.6 Å². The van der Waals surface area contributed by atoms with Gasteiger partial charge in [0.25, 0.3) is 0 Å². The van der Waals surface area contributed by atoms with Crippen molar-refractivity contribution in [3.05, 3.63) is 52.5 Å². The highest BCUT2D eigenvalue weighted by Crippen LogP contribution is 2.22. The summed E-state index contributed by atoms with van der Waals surface area (Å²) >= 11 is 1.60. The maximum atomic E-state index is 12.1. The topological polar surface area (TPSA) is 76.0 Å². The first-order valence-electron chi connectivity index (χ1n) is 9.00. The third-order valence-corrected chi connectivity index (χ3v) is 5.47. The zero-order valence-electron chi connectivity index (χ0n) is 14.7. The maximum absolute atomic E-state index is 12.1. The molecule has 0 spiro atoms. The van der Waals surface area contributed by atoms with E-state index in [0.717, 1.165) is 24.1 Å². The van der Waals surface area contributed by atoms with Crippen molar-refractivity contribution in [1.29, 1.82) is 0 Å². The molecule has 0 bridgehead atoms. The number of carbonyl (C=O) groups is 2. The van der Waals surface area contributed by atoms with Crippen molar-refractivity contribution >= 4 is 23.2 Å². The van der Waals surface area contributed by atoms with Gasteiger partial charge in [-0.3, -0.25) is 14.3 Å². The monoisotopic (exact) mass is 372 g/mol. The molecular weight excluding hydrogens is 348 g/mol. The van der Waals surface area contributed by atoms with Crippen molar-refractivity contribution in [1.82, 2.24) is 20.4 Å². The van der Waals surface area contributed by atoms with Crippen LogP contribution in [0.15, 0.2) is 47.6 Å². The molecule has 0 aliphatic heterocycles. The molecule has 1 aliphatic rings. The van der Waals surface area contributed by atoms with E-state index in [0.29, 0.717) is 13.1 Å². The minimum absolute atomic E-state index is 0.117. The molecule has 0 radical (unpaired) electrons. The van der Waals surface area contributed by atoms with Crippen LogP contribution in [0.4, 0.5) is 0 Å². The highest BCUT2D eigenvalue weighted by atomic mass is 32.1. The molecule has 1 atom stereocenters. The van der Waals surface area contributed by atoms with E-state index in [2.05, 4.69) is 21.8 Å². The number of hydrogen-bond donors (Lipinski definition) is 2. The van der Waals surface area contributed by atoms with E-state index < -0.39 is 11.8 Å². The molecule has 6 nitrogen and oxygen atoms in total. The van der Waals surface area contributed by atoms with Gasteiger partial charge in [0.15, 0.2) is 0 Å². The summed E-state index contributed by atoms with van der Waals surface area (Å²) in [6.45, 7) is 0.825. The Bertz CT molecular complexity index is 703. The van der Waals surface area contributed by atoms with Gasteiger partial charge in [0.2, 0.25) is 0 Å². The van der Waals surface area contributed by atoms with Gasteiger partial charge >= 0.3 is 11.8 Å². The van der Waals surface area contributed by atoms with E-state index in [1.54, 1.807) is 22.2 Å². The lowest BCUT2D eigenvalue weighted by molar-refractivity contribution is -0.139. The minimum Gasteiger partial charge on any atom is -0.348 e. The molecule has 26 heavy (non-hydrogen) atoms. The van der Waals surface area contributed by atoms with Crippen LogP contribution in [0.2, 0.25) is 0 Å². The Hall–Kier alpha value is -2.41. The van der Waals surface area contributed by atoms with Gasteiger partial charge in [-0.1, -0.05) is 17.7 Å². The Labute approximate surface area is 157 Å². The van der Waals surface area contributed by atoms with Crippen LogP contribution in [-0.2, 0) is 9.59 Å². The number of rotatable bonds is 7. The Morgan fingerprint density at radius 3 is 2.81 bits per heavy atom. The smallest absolute Gasteiger partial charge is 0.309 e. The fourth-order valence-electron chi connectivity index (χ4n) is 3.09. The fraction of sp³-hybridized carbons (Fsp3) is 0.421. The molecule has 0 aromatic carbocycles. The summed E-state index contributed by atoms with van der Waals surface area (Å²) in [6, 6.07) is 5.69. The third kappa shape index (κ3) is 5.05. The van der Waals surface area contributed by atoms with E-state index in [9.17, 15) is 9.59 Å². The SMILES string of the molecule is O=C(NCCC1=CCCCC1)C(=O)NC[C@H](c1cccs1)n1cccn1. The van der Waals surface area contributed by atoms with Gasteiger partial charge in [0.05, 0.1) is 0 Å². The molecule has 0 unspecified atom stereocenters. The molecule has 7 heteroatoms. The number of allylic oxidation sites excluding steroid dienone is 1. The normalized spacial score (nSPS) is 15.2. The highest BCUT2D eigenvalue weighted by molar-refractivity contribution is 7.10. The molecule has 0 saturated carbocycles. The van der Waals surface area contributed by atoms with Gasteiger partial charge in [-0.25, -0.2) is 0 Å². The number of thiophene rings is 1. The van der Waals surface area contributed by atoms with Crippen LogP contribution in [-0.4, -0.2) is 34.7 Å². The molecule has 0 fully saturated rings. The molecule has 2 N–H and O–H groups in total. The van der Waals surface area contributed by atoms with E-state index in [4.69, 9.17) is 0 Å². The zero-order valence-corrected chi connectivity index (χ0v) is 15.5. The van der Waals surface area contributed by atoms with Crippen molar-refractivity contribution in [3.8, 4) is 0 Å². The quantitative estimate of drug-likeness (QED) is 0.579. The highest BCUT2D eigenvalue weighted by Gasteiger charge is 2.19. The summed E-state index contributed by atoms with van der Waals surface area (Å²) < 4.78 is 1.79. The average Bonchev–Trinajstić information content (AvgIpc) is 3.37. The largest absolute Gasteiger partial charge is 0.348 e. The average molecular weight is 372 g/mol. The Morgan fingerprint density at radius 1 is 1.23 bits per heavy atom. The number of aromatic nitrogens is 2. The molecule has 3 rings (SSSR count). The molecule has 1 aliphatic carbocycles. The third-order valence-electron chi connectivity index (χ3n) is 4.49. The lowest BCUT2D eigenvalue weighted by Gasteiger charge is -2.17. The Balaban J connectivity index is 1.47. The molecule has 0 saturated heterocycles. The van der Waals surface area contributed by atoms with Crippen LogP contribution < -0.4 is 10.6 Å². The second kappa shape index (κ2) is 9.33. The fourth-order valence-corrected chi connectivity index (χ4v) is 3.91. The molecule has 2 heterocycles. The molecular formula is C19H24N4O2S. The first kappa shape index (κ1) is 18.4. The predicted molar refractivity (Wildman–Crippen MR) is 102 cm³/mol. The van der Waals surface area contributed by atoms with Gasteiger partial charge in [-0.2, -0.15) is 5.10 Å². The van der Waals surface area contributed by atoms with Crippen LogP contribution in [0.1, 0.15) is 43.0 Å². The van der Waals surface area contributed by atoms with Crippen LogP contribution >= 0.6 is 11.3 Å². The van der Waals surface area contributed by atoms with Crippen molar-refractivity contribution in [3.63, 3.8) is 0 Å². The summed E-state index contributed by atoms with van der Waals surface area (Å²) in [5.74, 6) is -1.18. The molecule has 2 aromatic rings. The molecule has 2 amide bonds. The Kier molecular flexibility index (Phi) is 6.60. The van der Waals surface area contributed by atoms with Crippen molar-refractivity contribution in [2.45, 2.75) is 38.1 Å². The van der Waals surface area contributed by atoms with Gasteiger partial charge in [-0.15, -0.1) is 11.3 Å². The minimum atomic E-state index is -0.601. The van der Waals surface area contributed by atoms with Crippen LogP contribution in [0, 0.1) is 0 Å². The van der Waals surface area contributed by atoms with Crippen LogP contribution in [0.5, 0.6) is 0 Å². The summed E-state index contributed by atoms with van der Waals surface area (Å²) in [4.78, 5) is 25.2. The Morgan fingerprint density at radius 2 is 2.12 bits per heavy atom. The van der Waals surface area contributed by atoms with Gasteiger partial charge in [0, 0.05) is 30.4 Å². The van der Waals surface area contributed by atoms with E-state index in [1.807, 2.05) is 29.8 Å². The second-order valence-corrected chi connectivity index (χ2v) is 7.32. The van der Waals surface area contributed by atoms with Crippen molar-refractivity contribution in [2.75, 3.05) is 13.1 Å². The van der Waals surface area contributed by atoms with Crippen LogP contribution in [0.25, 0.3) is 0 Å². The summed E-state index contributed by atoms with van der Waals surface area (Å²) in [6.07, 6.45) is 11.3. The van der Waals surface area contributed by atoms with Crippen LogP contribution in [0.3, 0.4) is 0 Å². The molecule has 138 valence electrons. The first-order chi connectivity index (χ1) is 12.7. The lowest BCUT2D eigenvalue weighted by atomic mass is 9.97. The summed E-state index contributed by atoms with van der Waals surface area (Å²) in [7, 11) is 0. The van der Waals surface area contributed by atoms with Gasteiger partial charge in [-0.05, 0) is 49.6 Å². The van der Waals surface area contributed by atoms with E-state index in [1.165, 1.54) is 18.4 Å². The number of nitrogens with zero attached hydrogens (tertiary/aromatic N) is 2. The standard InChI is InChI=1S/C19H24N4O2S/c24-18(20-11-9-15-6-2-1-3-7-15)19(25)21-14-16(17-8-4-13-26-17)23-12-5-10-22-23/h4-6,8,10,12-13,16H,1-3,7,9,11,14H2,(H,20,24)(H,21,25)/t16-/m1/s1. The second-order valence-electron chi connectivity index (χ2n) is 6.34. The first-order valence-corrected chi connectivity index (χ1v) is 9.88. The van der Waals surface area contributed by atoms with Gasteiger partial charge in [0.1, 0.15) is 6.04 Å². The number of amides is 2. The predicted octanol–water partition coefficient (Wildman–Crippen LogP) is 2.66. The number of hydrogen-bond acceptors (Lipinski definition) is 4. The summed E-state index contributed by atoms with van der Waals surface area (Å²) in [5.41, 5.74) is 1.38. The maximum Gasteiger partial charge on any atom is 0.309 e. The summed E-state index contributed by atoms with van der Waals surface area (Å²) in [5, 5.41) is 11.7. The van der Waals surface area contributed by atoms with Crippen molar-refractivity contribution < 1.29 is 9.59 Å². The van der Waals surface area contributed by atoms with E-state index >= 15 is 0 Å². The number of carbonyl (C=O) groups excluding carboxylic acids is 2. The zero-order chi connectivity index (χ0) is 18.2.